The molecule has 0 aliphatic carbocycles. The fraction of sp³-hybridized carbons (Fsp3) is 0.304. The summed E-state index contributed by atoms with van der Waals surface area (Å²) in [6.07, 6.45) is 2.07. The molecule has 0 radical (unpaired) electrons. The monoisotopic (exact) mass is 465 g/mol. The molecule has 7 heteroatoms. The second-order valence-corrected chi connectivity index (χ2v) is 7.75. The first kappa shape index (κ1) is 24.4. The number of likely N-dealkylation sites (tertiary alicyclic amines) is 1. The van der Waals surface area contributed by atoms with Crippen molar-refractivity contribution in [2.75, 3.05) is 26.7 Å². The first-order valence-electron chi connectivity index (χ1n) is 9.76. The zero-order chi connectivity index (χ0) is 19.5. The molecular formula is C23H26Cl3N3O. The van der Waals surface area contributed by atoms with Crippen LogP contribution >= 0.6 is 36.4 Å². The van der Waals surface area contributed by atoms with Gasteiger partial charge in [-0.05, 0) is 50.6 Å². The van der Waals surface area contributed by atoms with E-state index in [1.165, 1.54) is 0 Å². The Labute approximate surface area is 194 Å². The summed E-state index contributed by atoms with van der Waals surface area (Å²) in [5.41, 5.74) is 3.09. The van der Waals surface area contributed by atoms with E-state index in [4.69, 9.17) is 16.6 Å². The second kappa shape index (κ2) is 11.0. The summed E-state index contributed by atoms with van der Waals surface area (Å²) in [5, 5.41) is 4.77. The number of hydrogen-bond acceptors (Lipinski definition) is 3. The van der Waals surface area contributed by atoms with Crippen LogP contribution in [0.4, 0.5) is 0 Å². The summed E-state index contributed by atoms with van der Waals surface area (Å²) in [7, 11) is 1.98. The van der Waals surface area contributed by atoms with Crippen LogP contribution in [0.3, 0.4) is 0 Å². The summed E-state index contributed by atoms with van der Waals surface area (Å²) in [5.74, 6) is 0.719. The maximum Gasteiger partial charge on any atom is 0.254 e. The highest BCUT2D eigenvalue weighted by atomic mass is 35.5. The first-order valence-corrected chi connectivity index (χ1v) is 10.1. The number of piperidine rings is 1. The van der Waals surface area contributed by atoms with Crippen molar-refractivity contribution in [3.8, 4) is 11.3 Å². The Morgan fingerprint density at radius 3 is 2.47 bits per heavy atom. The Kier molecular flexibility index (Phi) is 8.92. The lowest BCUT2D eigenvalue weighted by Crippen LogP contribution is -2.40. The third-order valence-corrected chi connectivity index (χ3v) is 5.82. The van der Waals surface area contributed by atoms with Gasteiger partial charge in [-0.15, -0.1) is 24.8 Å². The highest BCUT2D eigenvalue weighted by Crippen LogP contribution is 2.31. The normalized spacial score (nSPS) is 14.1. The second-order valence-electron chi connectivity index (χ2n) is 7.35. The van der Waals surface area contributed by atoms with Gasteiger partial charge < -0.3 is 10.2 Å². The molecule has 1 aliphatic rings. The van der Waals surface area contributed by atoms with Crippen molar-refractivity contribution in [2.24, 2.45) is 5.92 Å². The van der Waals surface area contributed by atoms with Crippen molar-refractivity contribution in [1.29, 1.82) is 0 Å². The van der Waals surface area contributed by atoms with Crippen molar-refractivity contribution in [3.63, 3.8) is 0 Å². The van der Waals surface area contributed by atoms with Crippen LogP contribution in [0.15, 0.2) is 54.6 Å². The molecule has 0 bridgehead atoms. The molecule has 0 saturated carbocycles. The van der Waals surface area contributed by atoms with Crippen LogP contribution in [0, 0.1) is 5.92 Å². The summed E-state index contributed by atoms with van der Waals surface area (Å²) >= 11 is 6.40. The molecule has 1 aliphatic heterocycles. The van der Waals surface area contributed by atoms with Gasteiger partial charge in [0.2, 0.25) is 0 Å². The number of nitrogens with zero attached hydrogens (tertiary/aromatic N) is 2. The molecule has 0 spiro atoms. The van der Waals surface area contributed by atoms with Gasteiger partial charge in [-0.3, -0.25) is 4.79 Å². The lowest BCUT2D eigenvalue weighted by molar-refractivity contribution is 0.0693. The fourth-order valence-corrected chi connectivity index (χ4v) is 4.19. The number of hydrogen-bond donors (Lipinski definition) is 1. The van der Waals surface area contributed by atoms with Crippen LogP contribution in [0.5, 0.6) is 0 Å². The number of rotatable bonds is 4. The highest BCUT2D eigenvalue weighted by molar-refractivity contribution is 6.33. The molecule has 4 nitrogen and oxygen atoms in total. The van der Waals surface area contributed by atoms with Crippen molar-refractivity contribution >= 4 is 53.2 Å². The van der Waals surface area contributed by atoms with Gasteiger partial charge in [-0.1, -0.05) is 48.0 Å². The molecule has 0 atom stereocenters. The highest BCUT2D eigenvalue weighted by Gasteiger charge is 2.25. The predicted octanol–water partition coefficient (Wildman–Crippen LogP) is 5.47. The van der Waals surface area contributed by atoms with Crippen LogP contribution in [0.2, 0.25) is 5.02 Å². The van der Waals surface area contributed by atoms with Crippen molar-refractivity contribution < 1.29 is 4.79 Å². The summed E-state index contributed by atoms with van der Waals surface area (Å²) in [4.78, 5) is 20.1. The maximum absolute atomic E-state index is 13.4. The minimum Gasteiger partial charge on any atom is -0.339 e. The number of benzene rings is 2. The van der Waals surface area contributed by atoms with Crippen LogP contribution in [-0.4, -0.2) is 42.5 Å². The van der Waals surface area contributed by atoms with E-state index in [0.717, 1.165) is 54.6 Å². The number of fused-ring (bicyclic) bond motifs is 1. The average Bonchev–Trinajstić information content (AvgIpc) is 2.73. The Hall–Kier alpha value is -1.85. The Balaban J connectivity index is 0.00000160. The minimum atomic E-state index is 0. The third-order valence-electron chi connectivity index (χ3n) is 5.49. The van der Waals surface area contributed by atoms with Gasteiger partial charge in [0.15, 0.2) is 0 Å². The summed E-state index contributed by atoms with van der Waals surface area (Å²) < 4.78 is 0. The van der Waals surface area contributed by atoms with Gasteiger partial charge in [-0.25, -0.2) is 4.98 Å². The van der Waals surface area contributed by atoms with Crippen molar-refractivity contribution in [3.05, 3.63) is 65.2 Å². The molecule has 1 aromatic heterocycles. The number of amides is 1. The largest absolute Gasteiger partial charge is 0.339 e. The summed E-state index contributed by atoms with van der Waals surface area (Å²) in [6.45, 7) is 2.60. The molecule has 4 rings (SSSR count). The van der Waals surface area contributed by atoms with E-state index in [-0.39, 0.29) is 30.7 Å². The lowest BCUT2D eigenvalue weighted by Gasteiger charge is -2.32. The van der Waals surface area contributed by atoms with Gasteiger partial charge in [0.25, 0.3) is 5.91 Å². The van der Waals surface area contributed by atoms with Gasteiger partial charge >= 0.3 is 0 Å². The predicted molar refractivity (Wildman–Crippen MR) is 129 cm³/mol. The zero-order valence-electron chi connectivity index (χ0n) is 16.8. The van der Waals surface area contributed by atoms with Crippen molar-refractivity contribution in [2.45, 2.75) is 12.8 Å². The minimum absolute atomic E-state index is 0. The SMILES string of the molecule is CNCC1CCN(C(=O)c2cc(-c3ccccc3Cl)nc3ccccc23)CC1.Cl.Cl. The Morgan fingerprint density at radius 2 is 1.77 bits per heavy atom. The van der Waals surface area contributed by atoms with Crippen molar-refractivity contribution in [1.82, 2.24) is 15.2 Å². The number of carbonyl (C=O) groups is 1. The third kappa shape index (κ3) is 5.06. The van der Waals surface area contributed by atoms with Crippen LogP contribution < -0.4 is 5.32 Å². The smallest absolute Gasteiger partial charge is 0.254 e. The van der Waals surface area contributed by atoms with E-state index < -0.39 is 0 Å². The molecule has 2 aromatic carbocycles. The van der Waals surface area contributed by atoms with E-state index >= 15 is 0 Å². The molecular weight excluding hydrogens is 441 g/mol. The van der Waals surface area contributed by atoms with E-state index in [0.29, 0.717) is 16.5 Å². The number of carbonyl (C=O) groups excluding carboxylic acids is 1. The molecule has 1 N–H and O–H groups in total. The first-order chi connectivity index (χ1) is 13.7. The van der Waals surface area contributed by atoms with Crippen LogP contribution in [-0.2, 0) is 0 Å². The number of pyridine rings is 1. The van der Waals surface area contributed by atoms with Gasteiger partial charge in [-0.2, -0.15) is 0 Å². The molecule has 3 aromatic rings. The lowest BCUT2D eigenvalue weighted by atomic mass is 9.95. The number of nitrogens with one attached hydrogen (secondary N) is 1. The molecule has 30 heavy (non-hydrogen) atoms. The Bertz CT molecular complexity index is 1000. The van der Waals surface area contributed by atoms with E-state index in [1.54, 1.807) is 0 Å². The molecule has 2 heterocycles. The topological polar surface area (TPSA) is 45.2 Å². The molecule has 1 amide bonds. The van der Waals surface area contributed by atoms with Crippen LogP contribution in [0.1, 0.15) is 23.2 Å². The summed E-state index contributed by atoms with van der Waals surface area (Å²) in [6, 6.07) is 17.3. The standard InChI is InChI=1S/C23H24ClN3O.2ClH/c1-25-15-16-10-12-27(13-11-16)23(28)19-14-22(18-7-2-4-8-20(18)24)26-21-9-5-3-6-17(19)21;;/h2-9,14,16,25H,10-13,15H2,1H3;2*1H. The molecule has 1 fully saturated rings. The zero-order valence-corrected chi connectivity index (χ0v) is 19.2. The maximum atomic E-state index is 13.4. The quantitative estimate of drug-likeness (QED) is 0.554. The van der Waals surface area contributed by atoms with E-state index in [1.807, 2.05) is 66.5 Å². The number of halogens is 3. The fourth-order valence-electron chi connectivity index (χ4n) is 3.96. The Morgan fingerprint density at radius 1 is 1.10 bits per heavy atom. The van der Waals surface area contributed by atoms with Gasteiger partial charge in [0.1, 0.15) is 0 Å². The number of para-hydroxylation sites is 1. The number of aromatic nitrogens is 1. The van der Waals surface area contributed by atoms with E-state index in [9.17, 15) is 4.79 Å². The van der Waals surface area contributed by atoms with E-state index in [2.05, 4.69) is 5.32 Å². The molecule has 160 valence electrons. The van der Waals surface area contributed by atoms with Gasteiger partial charge in [0.05, 0.1) is 16.8 Å². The van der Waals surface area contributed by atoms with Crippen LogP contribution in [0.25, 0.3) is 22.2 Å². The molecule has 0 unspecified atom stereocenters. The average molecular weight is 467 g/mol. The molecule has 1 saturated heterocycles. The van der Waals surface area contributed by atoms with Gasteiger partial charge in [0, 0.05) is 29.1 Å².